The van der Waals surface area contributed by atoms with E-state index in [1.165, 1.54) is 24.0 Å². The summed E-state index contributed by atoms with van der Waals surface area (Å²) in [6.07, 6.45) is 21.1. The number of carbonyl (C=O) groups is 2. The molecule has 2 fully saturated rings. The number of hydrogen-bond donors (Lipinski definition) is 4. The van der Waals surface area contributed by atoms with Crippen molar-refractivity contribution in [3.63, 3.8) is 0 Å². The van der Waals surface area contributed by atoms with Crippen LogP contribution in [0.25, 0.3) is 0 Å². The molecule has 0 radical (unpaired) electrons. The lowest BCUT2D eigenvalue weighted by Crippen LogP contribution is -2.24. The van der Waals surface area contributed by atoms with Crippen LogP contribution in [0.3, 0.4) is 0 Å². The number of amides is 2. The molecule has 2 aliphatic heterocycles. The fourth-order valence-electron chi connectivity index (χ4n) is 7.96. The van der Waals surface area contributed by atoms with E-state index < -0.39 is 5.92 Å². The van der Waals surface area contributed by atoms with E-state index >= 15 is 0 Å². The van der Waals surface area contributed by atoms with Crippen LogP contribution in [-0.2, 0) is 9.59 Å². The van der Waals surface area contributed by atoms with Crippen molar-refractivity contribution in [2.75, 3.05) is 10.6 Å². The number of allylic oxidation sites excluding steroid dienone is 10. The van der Waals surface area contributed by atoms with E-state index in [2.05, 4.69) is 68.3 Å². The van der Waals surface area contributed by atoms with Crippen LogP contribution < -0.4 is 10.6 Å². The number of hydrogen-bond acceptors (Lipinski definition) is 6. The van der Waals surface area contributed by atoms with Gasteiger partial charge in [-0.05, 0) is 120 Å². The number of anilines is 2. The van der Waals surface area contributed by atoms with Crippen molar-refractivity contribution >= 4 is 46.5 Å². The smallest absolute Gasteiger partial charge is 0.234 e. The molecule has 4 aliphatic carbocycles. The molecule has 2 aromatic rings. The molecule has 2 saturated carbocycles. The molecule has 6 aliphatic rings. The Kier molecular flexibility index (Phi) is 9.36. The van der Waals surface area contributed by atoms with Gasteiger partial charge in [-0.25, -0.2) is 0 Å². The van der Waals surface area contributed by atoms with E-state index in [1.54, 1.807) is 0 Å². The van der Waals surface area contributed by atoms with E-state index in [0.717, 1.165) is 83.3 Å². The lowest BCUT2D eigenvalue weighted by Gasteiger charge is -2.22. The first kappa shape index (κ1) is 34.5. The molecule has 2 aromatic heterocycles. The summed E-state index contributed by atoms with van der Waals surface area (Å²) in [6, 6.07) is 3.93. The van der Waals surface area contributed by atoms with E-state index in [1.807, 2.05) is 39.0 Å². The van der Waals surface area contributed by atoms with E-state index in [9.17, 15) is 9.59 Å². The number of nitrogens with one attached hydrogen (secondary N) is 4. The predicted octanol–water partition coefficient (Wildman–Crippen LogP) is 8.79. The van der Waals surface area contributed by atoms with Gasteiger partial charge in [0.1, 0.15) is 0 Å². The summed E-state index contributed by atoms with van der Waals surface area (Å²) >= 11 is 6.37. The minimum Gasteiger partial charge on any atom is -0.309 e. The second-order valence-electron chi connectivity index (χ2n) is 15.5. The Balaban J connectivity index is 0.892. The van der Waals surface area contributed by atoms with E-state index in [-0.39, 0.29) is 23.7 Å². The molecule has 10 nitrogen and oxygen atoms in total. The molecule has 270 valence electrons. The second-order valence-corrected chi connectivity index (χ2v) is 15.9. The minimum absolute atomic E-state index is 0.0901. The summed E-state index contributed by atoms with van der Waals surface area (Å²) < 4.78 is 0. The highest BCUT2D eigenvalue weighted by molar-refractivity contribution is 6.32. The van der Waals surface area contributed by atoms with Gasteiger partial charge in [0.25, 0.3) is 0 Å². The lowest BCUT2D eigenvalue weighted by atomic mass is 9.90. The average molecular weight is 719 g/mol. The maximum atomic E-state index is 13.3. The minimum atomic E-state index is -0.408. The molecule has 11 heteroatoms. The van der Waals surface area contributed by atoms with E-state index in [4.69, 9.17) is 21.6 Å². The van der Waals surface area contributed by atoms with Gasteiger partial charge in [0.15, 0.2) is 11.6 Å². The average Bonchev–Trinajstić information content (AvgIpc) is 3.98. The van der Waals surface area contributed by atoms with Crippen LogP contribution in [0.4, 0.5) is 11.6 Å². The van der Waals surface area contributed by atoms with Crippen molar-refractivity contribution < 1.29 is 9.59 Å². The standard InChI is InChI=1S/C41H47ClN8O2/c1-21-13-28-15-25(16-33(43-28)23(3)40(51)45-38-19-36(47-49-38)26-11-12-26)7-5-9-29(21)30-18-31(30)37-20-39(50-48-37)46-41(52)24(4)34-17-27-8-6-10-32(42)22(2)14-35(27)44-34/h9-10,13-14,16-17,19-20,23-27,30-31H,5-8,11-12,15,18H2,1-4H3,(H2,45,47,49,51)(H2,46,48,50,52)/b21-13-,22-14-,29-9+,32-10+/t23-,24-,25?,27?,30?,31?/m1/s1. The molecule has 2 bridgehead atoms. The number of halogens is 1. The molecule has 4 heterocycles. The van der Waals surface area contributed by atoms with Crippen molar-refractivity contribution in [3.8, 4) is 0 Å². The first-order valence-corrected chi connectivity index (χ1v) is 19.2. The number of H-pyrrole nitrogens is 2. The molecule has 6 atom stereocenters. The maximum absolute atomic E-state index is 13.3. The Labute approximate surface area is 309 Å². The fraction of sp³-hybridized carbons (Fsp3) is 0.463. The fourth-order valence-corrected chi connectivity index (χ4v) is 8.12. The Bertz CT molecular complexity index is 2050. The highest BCUT2D eigenvalue weighted by Crippen LogP contribution is 2.53. The third kappa shape index (κ3) is 7.35. The van der Waals surface area contributed by atoms with Gasteiger partial charge >= 0.3 is 0 Å². The van der Waals surface area contributed by atoms with Crippen molar-refractivity contribution in [2.24, 2.45) is 39.6 Å². The van der Waals surface area contributed by atoms with Gasteiger partial charge in [-0.3, -0.25) is 29.8 Å². The molecule has 0 spiro atoms. The van der Waals surface area contributed by atoms with Gasteiger partial charge < -0.3 is 10.6 Å². The van der Waals surface area contributed by atoms with Gasteiger partial charge in [0.2, 0.25) is 11.8 Å². The number of aromatic nitrogens is 4. The Morgan fingerprint density at radius 1 is 0.808 bits per heavy atom. The molecular weight excluding hydrogens is 672 g/mol. The van der Waals surface area contributed by atoms with Gasteiger partial charge in [-0.2, -0.15) is 10.2 Å². The highest BCUT2D eigenvalue weighted by Gasteiger charge is 2.43. The van der Waals surface area contributed by atoms with Crippen LogP contribution in [0.15, 0.2) is 91.7 Å². The topological polar surface area (TPSA) is 140 Å². The summed E-state index contributed by atoms with van der Waals surface area (Å²) in [5.41, 5.74) is 9.32. The van der Waals surface area contributed by atoms with Crippen LogP contribution in [0.5, 0.6) is 0 Å². The molecule has 52 heavy (non-hydrogen) atoms. The number of fused-ring (bicyclic) bond motifs is 3. The number of rotatable bonds is 9. The van der Waals surface area contributed by atoms with Gasteiger partial charge in [-0.1, -0.05) is 35.9 Å². The first-order valence-electron chi connectivity index (χ1n) is 18.8. The summed E-state index contributed by atoms with van der Waals surface area (Å²) in [5, 5.41) is 21.8. The number of aromatic amines is 2. The molecule has 4 N–H and O–H groups in total. The molecule has 0 saturated heterocycles. The van der Waals surface area contributed by atoms with Crippen LogP contribution in [0.2, 0.25) is 0 Å². The summed E-state index contributed by atoms with van der Waals surface area (Å²) in [4.78, 5) is 36.4. The van der Waals surface area contributed by atoms with Crippen molar-refractivity contribution in [3.05, 3.63) is 93.1 Å². The highest BCUT2D eigenvalue weighted by atomic mass is 35.5. The Morgan fingerprint density at radius 2 is 1.48 bits per heavy atom. The zero-order valence-corrected chi connectivity index (χ0v) is 31.1. The van der Waals surface area contributed by atoms with E-state index in [0.29, 0.717) is 35.3 Å². The third-order valence-electron chi connectivity index (χ3n) is 11.4. The number of aliphatic imine (C=N–C) groups is 2. The molecule has 4 unspecified atom stereocenters. The zero-order chi connectivity index (χ0) is 36.1. The van der Waals surface area contributed by atoms with Gasteiger partial charge in [-0.15, -0.1) is 0 Å². The Morgan fingerprint density at radius 3 is 2.21 bits per heavy atom. The molecule has 8 rings (SSSR count). The first-order chi connectivity index (χ1) is 25.1. The number of carbonyl (C=O) groups excluding carboxylic acids is 2. The summed E-state index contributed by atoms with van der Waals surface area (Å²) in [7, 11) is 0. The SMILES string of the molecule is CC1=C/C2=NC([C@@H](C)C(=O)Nc3cc(C4CC4)[nH]n3)=CC(CC/C=C\1C1CC1c1cc(NC(=O)[C@H](C)C3=CC4CC/C=C(Cl)\C(C)=C/C4=N3)n[nH]1)C2. The second kappa shape index (κ2) is 14.1. The van der Waals surface area contributed by atoms with Crippen LogP contribution in [-0.4, -0.2) is 43.6 Å². The van der Waals surface area contributed by atoms with Crippen molar-refractivity contribution in [1.29, 1.82) is 0 Å². The van der Waals surface area contributed by atoms with Crippen molar-refractivity contribution in [2.45, 2.75) is 90.9 Å². The molecule has 2 amide bonds. The van der Waals surface area contributed by atoms with Crippen LogP contribution in [0.1, 0.15) is 102 Å². The van der Waals surface area contributed by atoms with Crippen molar-refractivity contribution in [1.82, 2.24) is 20.4 Å². The van der Waals surface area contributed by atoms with Crippen LogP contribution >= 0.6 is 11.6 Å². The quantitative estimate of drug-likeness (QED) is 0.206. The maximum Gasteiger partial charge on any atom is 0.234 e. The number of nitrogens with zero attached hydrogens (tertiary/aromatic N) is 4. The summed E-state index contributed by atoms with van der Waals surface area (Å²) in [6.45, 7) is 8.00. The normalized spacial score (nSPS) is 30.8. The van der Waals surface area contributed by atoms with Gasteiger partial charge in [0.05, 0.1) is 11.8 Å². The molecular formula is C41H47ClN8O2. The zero-order valence-electron chi connectivity index (χ0n) is 30.3. The largest absolute Gasteiger partial charge is 0.309 e. The summed E-state index contributed by atoms with van der Waals surface area (Å²) in [5.74, 6) is 1.87. The monoisotopic (exact) mass is 718 g/mol. The predicted molar refractivity (Wildman–Crippen MR) is 206 cm³/mol. The lowest BCUT2D eigenvalue weighted by molar-refractivity contribution is -0.119. The van der Waals surface area contributed by atoms with Gasteiger partial charge in [0, 0.05) is 69.1 Å². The van der Waals surface area contributed by atoms with Crippen LogP contribution in [0, 0.1) is 29.6 Å². The third-order valence-corrected chi connectivity index (χ3v) is 11.9. The molecule has 0 aromatic carbocycles. The Hall–Kier alpha value is -4.57.